The van der Waals surface area contributed by atoms with Gasteiger partial charge in [0.2, 0.25) is 5.89 Å². The minimum Gasteiger partial charge on any atom is -0.484 e. The standard InChI is InChI=1S/C22H17Cl2N3O3/c1-13-10-15(29-12-21-26-19-4-2-3-5-20(19)30-21)7-9-18(13)27-22(28)25-14-6-8-16(23)17(24)11-14/h2-11H,12H2,1H3,(H2,25,27,28). The second-order valence-electron chi connectivity index (χ2n) is 6.55. The normalized spacial score (nSPS) is 10.8. The lowest BCUT2D eigenvalue weighted by atomic mass is 10.2. The van der Waals surface area contributed by atoms with E-state index in [0.29, 0.717) is 33.1 Å². The van der Waals surface area contributed by atoms with E-state index in [1.54, 1.807) is 30.3 Å². The number of aryl methyl sites for hydroxylation is 1. The van der Waals surface area contributed by atoms with E-state index >= 15 is 0 Å². The van der Waals surface area contributed by atoms with Crippen LogP contribution in [0, 0.1) is 6.92 Å². The molecule has 2 N–H and O–H groups in total. The molecule has 0 spiro atoms. The van der Waals surface area contributed by atoms with Gasteiger partial charge in [0.05, 0.1) is 10.0 Å². The van der Waals surface area contributed by atoms with Crippen LogP contribution < -0.4 is 15.4 Å². The predicted octanol–water partition coefficient (Wildman–Crippen LogP) is 6.67. The van der Waals surface area contributed by atoms with Gasteiger partial charge in [-0.1, -0.05) is 35.3 Å². The molecule has 3 aromatic carbocycles. The molecule has 4 rings (SSSR count). The zero-order valence-electron chi connectivity index (χ0n) is 15.9. The van der Waals surface area contributed by atoms with Gasteiger partial charge >= 0.3 is 6.03 Å². The number of fused-ring (bicyclic) bond motifs is 1. The molecule has 2 amide bonds. The highest BCUT2D eigenvalue weighted by Gasteiger charge is 2.09. The number of benzene rings is 3. The van der Waals surface area contributed by atoms with Crippen molar-refractivity contribution in [2.75, 3.05) is 10.6 Å². The van der Waals surface area contributed by atoms with E-state index in [-0.39, 0.29) is 6.61 Å². The monoisotopic (exact) mass is 441 g/mol. The smallest absolute Gasteiger partial charge is 0.323 e. The highest BCUT2D eigenvalue weighted by Crippen LogP contribution is 2.26. The zero-order chi connectivity index (χ0) is 21.1. The lowest BCUT2D eigenvalue weighted by Crippen LogP contribution is -2.19. The molecule has 152 valence electrons. The van der Waals surface area contributed by atoms with Crippen molar-refractivity contribution in [1.82, 2.24) is 4.98 Å². The minimum atomic E-state index is -0.392. The molecule has 8 heteroatoms. The summed E-state index contributed by atoms with van der Waals surface area (Å²) in [6.45, 7) is 2.08. The van der Waals surface area contributed by atoms with Crippen LogP contribution in [0.3, 0.4) is 0 Å². The van der Waals surface area contributed by atoms with E-state index in [0.717, 1.165) is 16.7 Å². The minimum absolute atomic E-state index is 0.207. The molecule has 0 saturated heterocycles. The van der Waals surface area contributed by atoms with Gasteiger partial charge in [-0.2, -0.15) is 0 Å². The van der Waals surface area contributed by atoms with E-state index in [2.05, 4.69) is 15.6 Å². The summed E-state index contributed by atoms with van der Waals surface area (Å²) in [5.74, 6) is 1.14. The van der Waals surface area contributed by atoms with Gasteiger partial charge in [0, 0.05) is 11.4 Å². The molecule has 0 radical (unpaired) electrons. The van der Waals surface area contributed by atoms with Crippen molar-refractivity contribution >= 4 is 51.7 Å². The second kappa shape index (κ2) is 8.65. The first-order valence-corrected chi connectivity index (χ1v) is 9.84. The van der Waals surface area contributed by atoms with Crippen LogP contribution >= 0.6 is 23.2 Å². The molecule has 0 aliphatic carbocycles. The van der Waals surface area contributed by atoms with Gasteiger partial charge in [-0.15, -0.1) is 0 Å². The van der Waals surface area contributed by atoms with Crippen LogP contribution in [0.4, 0.5) is 16.2 Å². The lowest BCUT2D eigenvalue weighted by Gasteiger charge is -2.12. The number of amides is 2. The number of halogens is 2. The Kier molecular flexibility index (Phi) is 5.79. The van der Waals surface area contributed by atoms with Crippen LogP contribution in [0.1, 0.15) is 11.5 Å². The van der Waals surface area contributed by atoms with Gasteiger partial charge in [-0.05, 0) is 61.0 Å². The fraction of sp³-hybridized carbons (Fsp3) is 0.0909. The van der Waals surface area contributed by atoms with Crippen LogP contribution in [0.2, 0.25) is 10.0 Å². The van der Waals surface area contributed by atoms with Crippen molar-refractivity contribution in [1.29, 1.82) is 0 Å². The summed E-state index contributed by atoms with van der Waals surface area (Å²) in [7, 11) is 0. The number of ether oxygens (including phenoxy) is 1. The molecular formula is C22H17Cl2N3O3. The van der Waals surface area contributed by atoms with Crippen molar-refractivity contribution in [2.45, 2.75) is 13.5 Å². The fourth-order valence-corrected chi connectivity index (χ4v) is 3.15. The van der Waals surface area contributed by atoms with Crippen molar-refractivity contribution in [3.05, 3.63) is 82.2 Å². The SMILES string of the molecule is Cc1cc(OCc2nc3ccccc3o2)ccc1NC(=O)Nc1ccc(Cl)c(Cl)c1. The maximum absolute atomic E-state index is 12.3. The van der Waals surface area contributed by atoms with Crippen LogP contribution in [0.15, 0.2) is 65.1 Å². The molecular weight excluding hydrogens is 425 g/mol. The summed E-state index contributed by atoms with van der Waals surface area (Å²) >= 11 is 11.9. The van der Waals surface area contributed by atoms with Crippen LogP contribution in [-0.2, 0) is 6.61 Å². The number of anilines is 2. The number of rotatable bonds is 5. The average Bonchev–Trinajstić information content (AvgIpc) is 3.14. The molecule has 30 heavy (non-hydrogen) atoms. The van der Waals surface area contributed by atoms with Crippen LogP contribution in [-0.4, -0.2) is 11.0 Å². The second-order valence-corrected chi connectivity index (χ2v) is 7.36. The summed E-state index contributed by atoms with van der Waals surface area (Å²) in [5.41, 5.74) is 3.55. The largest absolute Gasteiger partial charge is 0.484 e. The van der Waals surface area contributed by atoms with Crippen molar-refractivity contribution in [2.24, 2.45) is 0 Å². The Morgan fingerprint density at radius 1 is 1.03 bits per heavy atom. The van der Waals surface area contributed by atoms with Crippen molar-refractivity contribution < 1.29 is 13.9 Å². The molecule has 0 bridgehead atoms. The zero-order valence-corrected chi connectivity index (χ0v) is 17.4. The topological polar surface area (TPSA) is 76.4 Å². The number of nitrogens with one attached hydrogen (secondary N) is 2. The van der Waals surface area contributed by atoms with Gasteiger partial charge < -0.3 is 19.8 Å². The van der Waals surface area contributed by atoms with Gasteiger partial charge in [0.15, 0.2) is 12.2 Å². The number of urea groups is 1. The summed E-state index contributed by atoms with van der Waals surface area (Å²) in [6, 6.07) is 17.4. The quantitative estimate of drug-likeness (QED) is 0.362. The summed E-state index contributed by atoms with van der Waals surface area (Å²) in [5, 5.41) is 6.30. The number of aromatic nitrogens is 1. The molecule has 0 atom stereocenters. The third-order valence-electron chi connectivity index (χ3n) is 4.32. The first-order chi connectivity index (χ1) is 14.5. The number of carbonyl (C=O) groups is 1. The van der Waals surface area contributed by atoms with E-state index in [4.69, 9.17) is 32.4 Å². The van der Waals surface area contributed by atoms with Gasteiger partial charge in [-0.3, -0.25) is 0 Å². The Morgan fingerprint density at radius 3 is 2.63 bits per heavy atom. The summed E-state index contributed by atoms with van der Waals surface area (Å²) in [4.78, 5) is 16.6. The fourth-order valence-electron chi connectivity index (χ4n) is 2.85. The number of carbonyl (C=O) groups excluding carboxylic acids is 1. The van der Waals surface area contributed by atoms with Crippen LogP contribution in [0.5, 0.6) is 5.75 Å². The third kappa shape index (κ3) is 4.67. The molecule has 0 aliphatic rings. The van der Waals surface area contributed by atoms with Gasteiger partial charge in [-0.25, -0.2) is 9.78 Å². The summed E-state index contributed by atoms with van der Waals surface area (Å²) < 4.78 is 11.4. The van der Waals surface area contributed by atoms with E-state index < -0.39 is 6.03 Å². The first kappa shape index (κ1) is 20.1. The number of hydrogen-bond acceptors (Lipinski definition) is 4. The Hall–Kier alpha value is -3.22. The van der Waals surface area contributed by atoms with E-state index in [1.165, 1.54) is 0 Å². The van der Waals surface area contributed by atoms with Crippen molar-refractivity contribution in [3.8, 4) is 5.75 Å². The Morgan fingerprint density at radius 2 is 1.87 bits per heavy atom. The van der Waals surface area contributed by atoms with E-state index in [9.17, 15) is 4.79 Å². The first-order valence-electron chi connectivity index (χ1n) is 9.09. The molecule has 1 aromatic heterocycles. The number of para-hydroxylation sites is 2. The Labute approximate surface area is 182 Å². The molecule has 4 aromatic rings. The molecule has 0 unspecified atom stereocenters. The highest BCUT2D eigenvalue weighted by molar-refractivity contribution is 6.42. The van der Waals surface area contributed by atoms with Crippen LogP contribution in [0.25, 0.3) is 11.1 Å². The summed E-state index contributed by atoms with van der Waals surface area (Å²) in [6.07, 6.45) is 0. The molecule has 0 fully saturated rings. The Bertz CT molecular complexity index is 1190. The lowest BCUT2D eigenvalue weighted by molar-refractivity contribution is 0.262. The molecule has 0 aliphatic heterocycles. The number of hydrogen-bond donors (Lipinski definition) is 2. The Balaban J connectivity index is 1.37. The maximum Gasteiger partial charge on any atom is 0.323 e. The van der Waals surface area contributed by atoms with E-state index in [1.807, 2.05) is 37.3 Å². The maximum atomic E-state index is 12.3. The number of nitrogens with zero attached hydrogens (tertiary/aromatic N) is 1. The van der Waals surface area contributed by atoms with Gasteiger partial charge in [0.25, 0.3) is 0 Å². The predicted molar refractivity (Wildman–Crippen MR) is 119 cm³/mol. The molecule has 0 saturated carbocycles. The molecule has 1 heterocycles. The average molecular weight is 442 g/mol. The molecule has 6 nitrogen and oxygen atoms in total. The third-order valence-corrected chi connectivity index (χ3v) is 5.06. The van der Waals surface area contributed by atoms with Gasteiger partial charge in [0.1, 0.15) is 11.3 Å². The van der Waals surface area contributed by atoms with Crippen molar-refractivity contribution in [3.63, 3.8) is 0 Å². The number of oxazole rings is 1. The highest BCUT2D eigenvalue weighted by atomic mass is 35.5.